The highest BCUT2D eigenvalue weighted by Gasteiger charge is 2.07. The van der Waals surface area contributed by atoms with Crippen LogP contribution in [0.3, 0.4) is 0 Å². The number of aromatic nitrogens is 2. The molecule has 27 heavy (non-hydrogen) atoms. The number of nitrogens with zero attached hydrogens (tertiary/aromatic N) is 3. The molecule has 3 rings (SSSR count). The maximum absolute atomic E-state index is 12.1. The summed E-state index contributed by atoms with van der Waals surface area (Å²) >= 11 is 5.09. The lowest BCUT2D eigenvalue weighted by molar-refractivity contribution is 0.0951. The second-order valence-electron chi connectivity index (χ2n) is 6.13. The Morgan fingerprint density at radius 1 is 1.15 bits per heavy atom. The number of benzene rings is 1. The summed E-state index contributed by atoms with van der Waals surface area (Å²) in [5, 5.41) is 6.08. The van der Waals surface area contributed by atoms with Gasteiger partial charge < -0.3 is 15.5 Å². The van der Waals surface area contributed by atoms with Crippen molar-refractivity contribution in [1.29, 1.82) is 0 Å². The number of nitrogens with one attached hydrogen (secondary N) is 2. The number of thiophene rings is 1. The van der Waals surface area contributed by atoms with Gasteiger partial charge in [0.25, 0.3) is 5.91 Å². The van der Waals surface area contributed by atoms with E-state index in [1.807, 2.05) is 49.3 Å². The molecule has 140 valence electrons. The van der Waals surface area contributed by atoms with Crippen molar-refractivity contribution in [3.8, 4) is 10.6 Å². The zero-order chi connectivity index (χ0) is 19.2. The average molecular weight is 446 g/mol. The van der Waals surface area contributed by atoms with Gasteiger partial charge in [0.1, 0.15) is 0 Å². The van der Waals surface area contributed by atoms with Gasteiger partial charge in [-0.15, -0.1) is 11.3 Å². The first-order valence-corrected chi connectivity index (χ1v) is 10.0. The van der Waals surface area contributed by atoms with Crippen molar-refractivity contribution in [1.82, 2.24) is 20.2 Å². The number of hydrogen-bond donors (Lipinski definition) is 2. The number of carbonyl (C=O) groups is 1. The molecule has 2 N–H and O–H groups in total. The second-order valence-corrected chi connectivity index (χ2v) is 8.59. The highest BCUT2D eigenvalue weighted by Crippen LogP contribution is 2.30. The van der Waals surface area contributed by atoms with Crippen molar-refractivity contribution in [3.63, 3.8) is 0 Å². The summed E-state index contributed by atoms with van der Waals surface area (Å²) in [7, 11) is 3.95. The average Bonchev–Trinajstić information content (AvgIpc) is 3.09. The summed E-state index contributed by atoms with van der Waals surface area (Å²) < 4.78 is 1.06. The van der Waals surface area contributed by atoms with E-state index in [9.17, 15) is 4.79 Å². The molecule has 0 bridgehead atoms. The van der Waals surface area contributed by atoms with E-state index in [1.54, 1.807) is 29.7 Å². The standard InChI is InChI=1S/C19H20BrN5OS/c1-25(2)12-11-21-18(26)13-3-5-14(6-4-13)23-19-22-10-9-15(24-19)16-7-8-17(20)27-16/h3-10H,11-12H2,1-2H3,(H,21,26)(H,22,23,24). The Kier molecular flexibility index (Phi) is 6.54. The van der Waals surface area contributed by atoms with Gasteiger partial charge in [-0.25, -0.2) is 9.97 Å². The van der Waals surface area contributed by atoms with Crippen LogP contribution in [0, 0.1) is 0 Å². The summed E-state index contributed by atoms with van der Waals surface area (Å²) in [6.45, 7) is 1.42. The van der Waals surface area contributed by atoms with Crippen LogP contribution in [0.2, 0.25) is 0 Å². The number of halogens is 1. The Balaban J connectivity index is 1.64. The zero-order valence-electron chi connectivity index (χ0n) is 15.1. The van der Waals surface area contributed by atoms with Crippen molar-refractivity contribution in [2.45, 2.75) is 0 Å². The fraction of sp³-hybridized carbons (Fsp3) is 0.211. The minimum Gasteiger partial charge on any atom is -0.351 e. The molecule has 3 aromatic rings. The summed E-state index contributed by atoms with van der Waals surface area (Å²) in [5.74, 6) is 0.435. The van der Waals surface area contributed by atoms with Crippen LogP contribution in [0.15, 0.2) is 52.4 Å². The summed E-state index contributed by atoms with van der Waals surface area (Å²) in [4.78, 5) is 24.0. The molecule has 0 aliphatic rings. The molecule has 0 fully saturated rings. The zero-order valence-corrected chi connectivity index (χ0v) is 17.5. The predicted octanol–water partition coefficient (Wildman–Crippen LogP) is 4.00. The van der Waals surface area contributed by atoms with E-state index < -0.39 is 0 Å². The van der Waals surface area contributed by atoms with Gasteiger partial charge >= 0.3 is 0 Å². The van der Waals surface area contributed by atoms with Crippen molar-refractivity contribution in [2.75, 3.05) is 32.5 Å². The first-order chi connectivity index (χ1) is 13.0. The first-order valence-electron chi connectivity index (χ1n) is 8.40. The minimum atomic E-state index is -0.0788. The Hall–Kier alpha value is -2.29. The monoisotopic (exact) mass is 445 g/mol. The molecule has 0 saturated carbocycles. The van der Waals surface area contributed by atoms with Crippen LogP contribution in [0.1, 0.15) is 10.4 Å². The highest BCUT2D eigenvalue weighted by molar-refractivity contribution is 9.11. The fourth-order valence-corrected chi connectivity index (χ4v) is 3.69. The van der Waals surface area contributed by atoms with Crippen molar-refractivity contribution in [2.24, 2.45) is 0 Å². The van der Waals surface area contributed by atoms with Crippen molar-refractivity contribution in [3.05, 3.63) is 58.0 Å². The molecule has 2 heterocycles. The molecule has 1 aromatic carbocycles. The van der Waals surface area contributed by atoms with Crippen molar-refractivity contribution < 1.29 is 4.79 Å². The molecular formula is C19H20BrN5OS. The topological polar surface area (TPSA) is 70.2 Å². The quantitative estimate of drug-likeness (QED) is 0.574. The Bertz CT molecular complexity index is 910. The molecule has 1 amide bonds. The van der Waals surface area contributed by atoms with E-state index in [0.29, 0.717) is 18.1 Å². The number of likely N-dealkylation sites (N-methyl/N-ethyl adjacent to an activating group) is 1. The van der Waals surface area contributed by atoms with Crippen LogP contribution in [0.25, 0.3) is 10.6 Å². The molecular weight excluding hydrogens is 426 g/mol. The van der Waals surface area contributed by atoms with Gasteiger partial charge in [-0.2, -0.15) is 0 Å². The minimum absolute atomic E-state index is 0.0788. The fourth-order valence-electron chi connectivity index (χ4n) is 2.34. The van der Waals surface area contributed by atoms with Gasteiger partial charge in [-0.1, -0.05) is 0 Å². The molecule has 0 saturated heterocycles. The number of hydrogen-bond acceptors (Lipinski definition) is 6. The van der Waals surface area contributed by atoms with Gasteiger partial charge in [0.2, 0.25) is 5.95 Å². The maximum Gasteiger partial charge on any atom is 0.251 e. The predicted molar refractivity (Wildman–Crippen MR) is 114 cm³/mol. The molecule has 2 aromatic heterocycles. The van der Waals surface area contributed by atoms with E-state index >= 15 is 0 Å². The number of amides is 1. The van der Waals surface area contributed by atoms with Crippen LogP contribution in [0.4, 0.5) is 11.6 Å². The van der Waals surface area contributed by atoms with Gasteiger partial charge in [0.05, 0.1) is 14.4 Å². The molecule has 0 aliphatic heterocycles. The third-order valence-corrected chi connectivity index (χ3v) is 5.38. The molecule has 0 spiro atoms. The Morgan fingerprint density at radius 2 is 1.93 bits per heavy atom. The maximum atomic E-state index is 12.1. The van der Waals surface area contributed by atoms with Crippen LogP contribution in [0.5, 0.6) is 0 Å². The lowest BCUT2D eigenvalue weighted by Gasteiger charge is -2.11. The van der Waals surface area contributed by atoms with Crippen LogP contribution in [-0.4, -0.2) is 48.0 Å². The molecule has 6 nitrogen and oxygen atoms in total. The number of rotatable bonds is 7. The van der Waals surface area contributed by atoms with Crippen LogP contribution >= 0.6 is 27.3 Å². The normalized spacial score (nSPS) is 10.8. The lowest BCUT2D eigenvalue weighted by atomic mass is 10.2. The summed E-state index contributed by atoms with van der Waals surface area (Å²) in [5.41, 5.74) is 2.31. The highest BCUT2D eigenvalue weighted by atomic mass is 79.9. The van der Waals surface area contributed by atoms with E-state index in [1.165, 1.54) is 0 Å². The van der Waals surface area contributed by atoms with E-state index in [2.05, 4.69) is 36.5 Å². The molecule has 0 unspecified atom stereocenters. The van der Waals surface area contributed by atoms with Crippen molar-refractivity contribution >= 4 is 44.8 Å². The summed E-state index contributed by atoms with van der Waals surface area (Å²) in [6, 6.07) is 13.2. The van der Waals surface area contributed by atoms with Crippen LogP contribution in [-0.2, 0) is 0 Å². The third-order valence-electron chi connectivity index (χ3n) is 3.73. The molecule has 0 atom stereocenters. The van der Waals surface area contributed by atoms with E-state index in [-0.39, 0.29) is 5.91 Å². The largest absolute Gasteiger partial charge is 0.351 e. The van der Waals surface area contributed by atoms with Gasteiger partial charge in [-0.05, 0) is 72.5 Å². The van der Waals surface area contributed by atoms with Gasteiger partial charge in [-0.3, -0.25) is 4.79 Å². The first kappa shape index (κ1) is 19.5. The van der Waals surface area contributed by atoms with E-state index in [4.69, 9.17) is 0 Å². The Morgan fingerprint density at radius 3 is 2.59 bits per heavy atom. The van der Waals surface area contributed by atoms with Gasteiger partial charge in [0, 0.05) is 30.5 Å². The second kappa shape index (κ2) is 9.07. The Labute approximate surface area is 170 Å². The third kappa shape index (κ3) is 5.59. The number of carbonyl (C=O) groups excluding carboxylic acids is 1. The lowest BCUT2D eigenvalue weighted by Crippen LogP contribution is -2.31. The SMILES string of the molecule is CN(C)CCNC(=O)c1ccc(Nc2nccc(-c3ccc(Br)s3)n2)cc1. The number of anilines is 2. The molecule has 0 aliphatic carbocycles. The van der Waals surface area contributed by atoms with Gasteiger partial charge in [0.15, 0.2) is 0 Å². The molecule has 8 heteroatoms. The van der Waals surface area contributed by atoms with E-state index in [0.717, 1.165) is 26.6 Å². The molecule has 0 radical (unpaired) electrons. The summed E-state index contributed by atoms with van der Waals surface area (Å²) in [6.07, 6.45) is 1.73. The van der Waals surface area contributed by atoms with Crippen LogP contribution < -0.4 is 10.6 Å². The smallest absolute Gasteiger partial charge is 0.251 e.